The molecule has 1 fully saturated rings. The van der Waals surface area contributed by atoms with Crippen molar-refractivity contribution in [1.82, 2.24) is 10.2 Å². The van der Waals surface area contributed by atoms with Crippen molar-refractivity contribution >= 4 is 35.1 Å². The van der Waals surface area contributed by atoms with E-state index in [0.29, 0.717) is 18.5 Å². The summed E-state index contributed by atoms with van der Waals surface area (Å²) in [5, 5.41) is 2.93. The van der Waals surface area contributed by atoms with E-state index in [1.807, 2.05) is 0 Å². The normalized spacial score (nSPS) is 19.1. The Kier molecular flexibility index (Phi) is 5.13. The number of halogens is 3. The molecule has 0 aliphatic carbocycles. The number of primary amides is 1. The number of likely N-dealkylation sites (tertiary alicyclic amines) is 1. The summed E-state index contributed by atoms with van der Waals surface area (Å²) in [6, 6.07) is 1.66. The van der Waals surface area contributed by atoms with Gasteiger partial charge in [0.05, 0.1) is 17.0 Å². The lowest BCUT2D eigenvalue weighted by Gasteiger charge is -2.22. The van der Waals surface area contributed by atoms with Crippen LogP contribution >= 0.6 is 23.2 Å². The van der Waals surface area contributed by atoms with Gasteiger partial charge in [-0.25, -0.2) is 9.18 Å². The summed E-state index contributed by atoms with van der Waals surface area (Å²) in [4.78, 5) is 24.8. The Hall–Kier alpha value is -1.53. The number of hydrogen-bond donors (Lipinski definition) is 2. The molecule has 8 heteroatoms. The van der Waals surface area contributed by atoms with Crippen LogP contribution in [-0.4, -0.2) is 29.9 Å². The summed E-state index contributed by atoms with van der Waals surface area (Å²) >= 11 is 11.7. The van der Waals surface area contributed by atoms with E-state index in [1.165, 1.54) is 17.0 Å². The molecule has 2 rings (SSSR count). The van der Waals surface area contributed by atoms with Crippen molar-refractivity contribution < 1.29 is 14.0 Å². The zero-order valence-corrected chi connectivity index (χ0v) is 13.4. The number of hydrogen-bond acceptors (Lipinski definition) is 2. The van der Waals surface area contributed by atoms with Crippen molar-refractivity contribution in [2.24, 2.45) is 11.7 Å². The first kappa shape index (κ1) is 16.8. The van der Waals surface area contributed by atoms with E-state index in [1.54, 1.807) is 6.92 Å². The van der Waals surface area contributed by atoms with Gasteiger partial charge in [0.25, 0.3) is 0 Å². The summed E-state index contributed by atoms with van der Waals surface area (Å²) in [7, 11) is 0. The van der Waals surface area contributed by atoms with Gasteiger partial charge in [0.1, 0.15) is 5.82 Å². The van der Waals surface area contributed by atoms with Gasteiger partial charge in [-0.05, 0) is 31.0 Å². The molecule has 1 aromatic carbocycles. The lowest BCUT2D eigenvalue weighted by molar-refractivity contribution is -0.121. The molecule has 1 aliphatic heterocycles. The molecule has 5 nitrogen and oxygen atoms in total. The van der Waals surface area contributed by atoms with Crippen molar-refractivity contribution in [3.8, 4) is 0 Å². The first-order chi connectivity index (χ1) is 10.3. The van der Waals surface area contributed by atoms with Gasteiger partial charge in [0.15, 0.2) is 0 Å². The Bertz CT molecular complexity index is 612. The summed E-state index contributed by atoms with van der Waals surface area (Å²) in [6.45, 7) is 2.43. The average Bonchev–Trinajstić information content (AvgIpc) is 2.92. The fraction of sp³-hybridized carbons (Fsp3) is 0.429. The van der Waals surface area contributed by atoms with Crippen LogP contribution in [0, 0.1) is 11.7 Å². The Morgan fingerprint density at radius 1 is 1.41 bits per heavy atom. The largest absolute Gasteiger partial charge is 0.369 e. The topological polar surface area (TPSA) is 75.4 Å². The van der Waals surface area contributed by atoms with Crippen LogP contribution in [0.15, 0.2) is 12.1 Å². The van der Waals surface area contributed by atoms with Crippen LogP contribution in [-0.2, 0) is 4.79 Å². The molecule has 1 aromatic rings. The number of nitrogens with two attached hydrogens (primary N) is 1. The Morgan fingerprint density at radius 2 is 2.09 bits per heavy atom. The molecule has 0 radical (unpaired) electrons. The first-order valence-corrected chi connectivity index (χ1v) is 7.54. The van der Waals surface area contributed by atoms with Gasteiger partial charge < -0.3 is 16.0 Å². The van der Waals surface area contributed by atoms with Gasteiger partial charge in [0, 0.05) is 18.1 Å². The third-order valence-electron chi connectivity index (χ3n) is 3.72. The predicted octanol–water partition coefficient (Wildman–Crippen LogP) is 2.71. The highest BCUT2D eigenvalue weighted by atomic mass is 35.5. The van der Waals surface area contributed by atoms with Gasteiger partial charge >= 0.3 is 6.03 Å². The highest BCUT2D eigenvalue weighted by Gasteiger charge is 2.30. The molecule has 1 saturated heterocycles. The molecule has 120 valence electrons. The highest BCUT2D eigenvalue weighted by molar-refractivity contribution is 6.35. The number of urea groups is 1. The van der Waals surface area contributed by atoms with Gasteiger partial charge in [-0.2, -0.15) is 0 Å². The standard InChI is InChI=1S/C14H16Cl2FN3O2/c1-7(9-4-12(17)11(16)5-10(9)15)19-14(22)20-3-2-8(6-20)13(18)21/h4-5,7-8H,2-3,6H2,1H3,(H2,18,21)(H,19,22)/t7-,8+/m0/s1. The molecule has 0 bridgehead atoms. The van der Waals surface area contributed by atoms with E-state index in [4.69, 9.17) is 28.9 Å². The second kappa shape index (κ2) is 6.71. The third kappa shape index (κ3) is 3.62. The van der Waals surface area contributed by atoms with E-state index in [-0.39, 0.29) is 28.5 Å². The SMILES string of the molecule is C[C@H](NC(=O)N1CC[C@@H](C(N)=O)C1)c1cc(F)c(Cl)cc1Cl. The lowest BCUT2D eigenvalue weighted by atomic mass is 10.1. The first-order valence-electron chi connectivity index (χ1n) is 6.78. The highest BCUT2D eigenvalue weighted by Crippen LogP contribution is 2.29. The second-order valence-electron chi connectivity index (χ2n) is 5.29. The van der Waals surface area contributed by atoms with Gasteiger partial charge in [-0.3, -0.25) is 4.79 Å². The summed E-state index contributed by atoms with van der Waals surface area (Å²) < 4.78 is 13.5. The fourth-order valence-electron chi connectivity index (χ4n) is 2.40. The number of rotatable bonds is 3. The zero-order valence-electron chi connectivity index (χ0n) is 11.9. The summed E-state index contributed by atoms with van der Waals surface area (Å²) in [5.74, 6) is -1.33. The second-order valence-corrected chi connectivity index (χ2v) is 6.11. The molecule has 0 spiro atoms. The molecule has 0 saturated carbocycles. The maximum absolute atomic E-state index is 13.5. The van der Waals surface area contributed by atoms with E-state index >= 15 is 0 Å². The number of carbonyl (C=O) groups excluding carboxylic acids is 2. The van der Waals surface area contributed by atoms with E-state index in [9.17, 15) is 14.0 Å². The van der Waals surface area contributed by atoms with Crippen LogP contribution in [0.3, 0.4) is 0 Å². The van der Waals surface area contributed by atoms with Gasteiger partial charge in [-0.1, -0.05) is 23.2 Å². The number of carbonyl (C=O) groups is 2. The molecule has 1 heterocycles. The van der Waals surface area contributed by atoms with Crippen molar-refractivity contribution in [3.05, 3.63) is 33.6 Å². The van der Waals surface area contributed by atoms with Gasteiger partial charge in [0.2, 0.25) is 5.91 Å². The van der Waals surface area contributed by atoms with Crippen molar-refractivity contribution in [3.63, 3.8) is 0 Å². The molecule has 22 heavy (non-hydrogen) atoms. The molecular weight excluding hydrogens is 332 g/mol. The quantitative estimate of drug-likeness (QED) is 0.824. The number of benzene rings is 1. The van der Waals surface area contributed by atoms with Crippen molar-refractivity contribution in [2.45, 2.75) is 19.4 Å². The maximum Gasteiger partial charge on any atom is 0.317 e. The Labute approximate surface area is 137 Å². The Morgan fingerprint density at radius 3 is 2.68 bits per heavy atom. The van der Waals surface area contributed by atoms with Crippen molar-refractivity contribution in [1.29, 1.82) is 0 Å². The van der Waals surface area contributed by atoms with Crippen LogP contribution in [0.5, 0.6) is 0 Å². The Balaban J connectivity index is 2.03. The van der Waals surface area contributed by atoms with Crippen LogP contribution in [0.1, 0.15) is 24.9 Å². The summed E-state index contributed by atoms with van der Waals surface area (Å²) in [5.41, 5.74) is 5.67. The monoisotopic (exact) mass is 347 g/mol. The molecular formula is C14H16Cl2FN3O2. The molecule has 3 amide bonds. The molecule has 0 aromatic heterocycles. The van der Waals surface area contributed by atoms with E-state index < -0.39 is 17.8 Å². The lowest BCUT2D eigenvalue weighted by Crippen LogP contribution is -2.40. The molecule has 0 unspecified atom stereocenters. The van der Waals surface area contributed by atoms with E-state index in [0.717, 1.165) is 0 Å². The van der Waals surface area contributed by atoms with Gasteiger partial charge in [-0.15, -0.1) is 0 Å². The minimum Gasteiger partial charge on any atom is -0.369 e. The van der Waals surface area contributed by atoms with Crippen LogP contribution < -0.4 is 11.1 Å². The minimum atomic E-state index is -0.600. The average molecular weight is 348 g/mol. The molecule has 1 aliphatic rings. The van der Waals surface area contributed by atoms with Crippen LogP contribution in [0.25, 0.3) is 0 Å². The third-order valence-corrected chi connectivity index (χ3v) is 4.34. The smallest absolute Gasteiger partial charge is 0.317 e. The number of amides is 3. The fourth-order valence-corrected chi connectivity index (χ4v) is 2.95. The number of nitrogens with one attached hydrogen (secondary N) is 1. The molecule has 2 atom stereocenters. The number of nitrogens with zero attached hydrogens (tertiary/aromatic N) is 1. The zero-order chi connectivity index (χ0) is 16.4. The summed E-state index contributed by atoms with van der Waals surface area (Å²) in [6.07, 6.45) is 0.549. The predicted molar refractivity (Wildman–Crippen MR) is 82.2 cm³/mol. The molecule has 3 N–H and O–H groups in total. The van der Waals surface area contributed by atoms with Crippen LogP contribution in [0.4, 0.5) is 9.18 Å². The van der Waals surface area contributed by atoms with Crippen molar-refractivity contribution in [2.75, 3.05) is 13.1 Å². The van der Waals surface area contributed by atoms with E-state index in [2.05, 4.69) is 5.32 Å². The van der Waals surface area contributed by atoms with Crippen LogP contribution in [0.2, 0.25) is 10.0 Å². The minimum absolute atomic E-state index is 0.0730. The maximum atomic E-state index is 13.5.